The first kappa shape index (κ1) is 12.2. The van der Waals surface area contributed by atoms with Crippen molar-refractivity contribution in [1.29, 1.82) is 0 Å². The maximum absolute atomic E-state index is 12.4. The molecule has 1 aliphatic heterocycles. The van der Waals surface area contributed by atoms with E-state index in [0.717, 1.165) is 44.0 Å². The molecule has 0 aromatic heterocycles. The Balaban J connectivity index is 2.08. The average molecular weight is 244 g/mol. The molecule has 1 aromatic carbocycles. The number of nitrogens with zero attached hydrogens (tertiary/aromatic N) is 1. The standard InChI is InChI=1S/C12H15F3N2/c1-16-6-8-17(9-7-16)11-4-2-10(3-5-11)12(13,14)15/h2-5,16H,1,6-9H2. The number of rotatable bonds is 1. The molecule has 17 heavy (non-hydrogen) atoms. The average Bonchev–Trinajstić information content (AvgIpc) is 2.29. The second kappa shape index (κ2) is 4.56. The maximum atomic E-state index is 12.4. The monoisotopic (exact) mass is 244 g/mol. The molecule has 1 heterocycles. The van der Waals surface area contributed by atoms with Crippen LogP contribution in [0.5, 0.6) is 0 Å². The van der Waals surface area contributed by atoms with Gasteiger partial charge in [-0.3, -0.25) is 0 Å². The molecule has 0 atom stereocenters. The van der Waals surface area contributed by atoms with E-state index < -0.39 is 11.7 Å². The fourth-order valence-corrected chi connectivity index (χ4v) is 1.94. The minimum atomic E-state index is -4.26. The summed E-state index contributed by atoms with van der Waals surface area (Å²) in [6, 6.07) is 5.35. The van der Waals surface area contributed by atoms with Crippen LogP contribution in [0.4, 0.5) is 18.9 Å². The van der Waals surface area contributed by atoms with Gasteiger partial charge in [0, 0.05) is 5.69 Å². The summed E-state index contributed by atoms with van der Waals surface area (Å²) >= 11 is 0. The zero-order valence-corrected chi connectivity index (χ0v) is 9.43. The zero-order chi connectivity index (χ0) is 12.5. The van der Waals surface area contributed by atoms with Crippen molar-refractivity contribution in [2.24, 2.45) is 0 Å². The highest BCUT2D eigenvalue weighted by Crippen LogP contribution is 2.30. The fourth-order valence-electron chi connectivity index (χ4n) is 1.94. The van der Waals surface area contributed by atoms with Gasteiger partial charge in [0.2, 0.25) is 0 Å². The molecule has 0 spiro atoms. The molecule has 0 radical (unpaired) electrons. The first-order valence-electron chi connectivity index (χ1n) is 5.56. The van der Waals surface area contributed by atoms with Gasteiger partial charge in [0.15, 0.2) is 0 Å². The van der Waals surface area contributed by atoms with Crippen LogP contribution in [0.2, 0.25) is 0 Å². The van der Waals surface area contributed by atoms with E-state index in [2.05, 4.69) is 11.9 Å². The van der Waals surface area contributed by atoms with Gasteiger partial charge in [-0.15, -0.1) is 0 Å². The summed E-state index contributed by atoms with van der Waals surface area (Å²) in [6.07, 6.45) is -4.26. The molecule has 94 valence electrons. The maximum Gasteiger partial charge on any atom is 0.416 e. The molecule has 0 unspecified atom stereocenters. The Morgan fingerprint density at radius 1 is 1.06 bits per heavy atom. The number of anilines is 1. The molecule has 1 saturated heterocycles. The van der Waals surface area contributed by atoms with E-state index in [-0.39, 0.29) is 0 Å². The minimum absolute atomic E-state index is 0.595. The summed E-state index contributed by atoms with van der Waals surface area (Å²) in [7, 11) is 3.91. The van der Waals surface area contributed by atoms with Gasteiger partial charge in [0.1, 0.15) is 0 Å². The van der Waals surface area contributed by atoms with Gasteiger partial charge in [0.25, 0.3) is 0 Å². The number of benzene rings is 1. The van der Waals surface area contributed by atoms with Gasteiger partial charge in [-0.2, -0.15) is 20.2 Å². The smallest absolute Gasteiger partial charge is 0.416 e. The van der Waals surface area contributed by atoms with Crippen molar-refractivity contribution < 1.29 is 18.1 Å². The number of hydrogen-bond acceptors (Lipinski definition) is 1. The van der Waals surface area contributed by atoms with Gasteiger partial charge in [-0.1, -0.05) is 0 Å². The third kappa shape index (κ3) is 2.91. The number of piperazine rings is 1. The molecule has 0 bridgehead atoms. The number of halogens is 3. The van der Waals surface area contributed by atoms with E-state index in [0.29, 0.717) is 0 Å². The predicted molar refractivity (Wildman–Crippen MR) is 59.7 cm³/mol. The summed E-state index contributed by atoms with van der Waals surface area (Å²) in [6.45, 7) is 3.51. The summed E-state index contributed by atoms with van der Waals surface area (Å²) in [5.74, 6) is 0. The van der Waals surface area contributed by atoms with Crippen LogP contribution < -0.4 is 9.80 Å². The highest BCUT2D eigenvalue weighted by molar-refractivity contribution is 5.48. The van der Waals surface area contributed by atoms with Crippen molar-refractivity contribution in [3.05, 3.63) is 36.9 Å². The second-order valence-corrected chi connectivity index (χ2v) is 4.28. The van der Waals surface area contributed by atoms with Gasteiger partial charge in [-0.25, -0.2) is 0 Å². The van der Waals surface area contributed by atoms with Crippen molar-refractivity contribution in [1.82, 2.24) is 0 Å². The molecule has 1 N–H and O–H groups in total. The quantitative estimate of drug-likeness (QED) is 0.729. The molecular formula is C12H15F3N2. The van der Waals surface area contributed by atoms with Gasteiger partial charge >= 0.3 is 6.18 Å². The second-order valence-electron chi connectivity index (χ2n) is 4.28. The van der Waals surface area contributed by atoms with Crippen molar-refractivity contribution in [2.45, 2.75) is 6.18 Å². The molecule has 1 fully saturated rings. The lowest BCUT2D eigenvalue weighted by Gasteiger charge is -2.35. The Hall–Kier alpha value is -1.23. The number of nitrogens with one attached hydrogen (secondary N) is 1. The third-order valence-corrected chi connectivity index (χ3v) is 3.03. The van der Waals surface area contributed by atoms with Crippen LogP contribution in [0.1, 0.15) is 5.56 Å². The van der Waals surface area contributed by atoms with E-state index >= 15 is 0 Å². The Morgan fingerprint density at radius 3 is 2.06 bits per heavy atom. The van der Waals surface area contributed by atoms with Crippen LogP contribution in [0.15, 0.2) is 24.3 Å². The van der Waals surface area contributed by atoms with Crippen molar-refractivity contribution in [3.8, 4) is 0 Å². The van der Waals surface area contributed by atoms with E-state index in [1.54, 1.807) is 0 Å². The van der Waals surface area contributed by atoms with Crippen molar-refractivity contribution >= 4 is 5.69 Å². The lowest BCUT2D eigenvalue weighted by atomic mass is 10.1. The van der Waals surface area contributed by atoms with Crippen LogP contribution in [-0.2, 0) is 6.18 Å². The SMILES string of the molecule is [CH2-][NH+]1CCN(c2ccc(C(F)(F)F)cc2)CC1. The molecule has 1 aromatic rings. The molecule has 1 aliphatic rings. The fraction of sp³-hybridized carbons (Fsp3) is 0.417. The van der Waals surface area contributed by atoms with Crippen molar-refractivity contribution in [2.75, 3.05) is 31.1 Å². The normalized spacial score (nSPS) is 18.5. The topological polar surface area (TPSA) is 7.68 Å². The highest BCUT2D eigenvalue weighted by Gasteiger charge is 2.30. The summed E-state index contributed by atoms with van der Waals surface area (Å²) in [5, 5.41) is 0. The van der Waals surface area contributed by atoms with Gasteiger partial charge in [-0.05, 0) is 24.3 Å². The first-order valence-corrected chi connectivity index (χ1v) is 5.56. The molecule has 2 nitrogen and oxygen atoms in total. The predicted octanol–water partition coefficient (Wildman–Crippen LogP) is 1.20. The largest absolute Gasteiger partial charge is 0.465 e. The van der Waals surface area contributed by atoms with Crippen LogP contribution >= 0.6 is 0 Å². The lowest BCUT2D eigenvalue weighted by Crippen LogP contribution is -3.10. The van der Waals surface area contributed by atoms with E-state index in [4.69, 9.17) is 0 Å². The van der Waals surface area contributed by atoms with Crippen LogP contribution in [0.3, 0.4) is 0 Å². The van der Waals surface area contributed by atoms with Crippen LogP contribution in [-0.4, -0.2) is 26.2 Å². The Morgan fingerprint density at radius 2 is 1.59 bits per heavy atom. The van der Waals surface area contributed by atoms with Gasteiger partial charge < -0.3 is 9.80 Å². The highest BCUT2D eigenvalue weighted by atomic mass is 19.4. The molecule has 5 heteroatoms. The van der Waals surface area contributed by atoms with Gasteiger partial charge in [0.05, 0.1) is 31.7 Å². The first-order chi connectivity index (χ1) is 7.97. The Labute approximate surface area is 98.6 Å². The summed E-state index contributed by atoms with van der Waals surface area (Å²) < 4.78 is 37.2. The summed E-state index contributed by atoms with van der Waals surface area (Å²) in [5.41, 5.74) is 0.258. The van der Waals surface area contributed by atoms with Crippen LogP contribution in [0.25, 0.3) is 0 Å². The Kier molecular flexibility index (Phi) is 3.28. The van der Waals surface area contributed by atoms with Crippen molar-refractivity contribution in [3.63, 3.8) is 0 Å². The molecule has 0 saturated carbocycles. The van der Waals surface area contributed by atoms with E-state index in [1.165, 1.54) is 17.0 Å². The Bertz CT molecular complexity index is 364. The number of hydrogen-bond donors (Lipinski definition) is 1. The lowest BCUT2D eigenvalue weighted by molar-refractivity contribution is -0.854. The van der Waals surface area contributed by atoms with E-state index in [9.17, 15) is 13.2 Å². The van der Waals surface area contributed by atoms with E-state index in [1.807, 2.05) is 0 Å². The van der Waals surface area contributed by atoms with Crippen LogP contribution in [0, 0.1) is 7.05 Å². The number of quaternary nitrogens is 1. The molecule has 0 amide bonds. The molecule has 2 rings (SSSR count). The zero-order valence-electron chi connectivity index (χ0n) is 9.43. The molecule has 0 aliphatic carbocycles. The third-order valence-electron chi connectivity index (χ3n) is 3.03. The summed E-state index contributed by atoms with van der Waals surface area (Å²) in [4.78, 5) is 3.31. The number of alkyl halides is 3. The minimum Gasteiger partial charge on any atom is -0.465 e. The molecular weight excluding hydrogens is 229 g/mol.